The first-order valence-corrected chi connectivity index (χ1v) is 9.87. The molecule has 0 fully saturated rings. The third-order valence-electron chi connectivity index (χ3n) is 4.67. The fraction of sp³-hybridized carbons (Fsp3) is 0.391. The summed E-state index contributed by atoms with van der Waals surface area (Å²) in [4.78, 5) is 38.2. The van der Waals surface area contributed by atoms with Gasteiger partial charge in [0.05, 0.1) is 11.3 Å². The van der Waals surface area contributed by atoms with Gasteiger partial charge in [-0.2, -0.15) is 0 Å². The van der Waals surface area contributed by atoms with Gasteiger partial charge in [0.2, 0.25) is 11.8 Å². The van der Waals surface area contributed by atoms with E-state index in [1.54, 1.807) is 25.1 Å². The molecule has 7 heteroatoms. The first-order valence-electron chi connectivity index (χ1n) is 9.87. The van der Waals surface area contributed by atoms with Crippen LogP contribution in [-0.2, 0) is 22.6 Å². The quantitative estimate of drug-likeness (QED) is 0.554. The van der Waals surface area contributed by atoms with Crippen molar-refractivity contribution in [2.24, 2.45) is 0 Å². The molecule has 0 saturated heterocycles. The lowest BCUT2D eigenvalue weighted by Gasteiger charge is -2.31. The van der Waals surface area contributed by atoms with Crippen molar-refractivity contribution in [3.05, 3.63) is 75.3 Å². The molecule has 0 aliphatic heterocycles. The number of hydrogen-bond acceptors (Lipinski definition) is 4. The highest BCUT2D eigenvalue weighted by molar-refractivity contribution is 5.88. The van der Waals surface area contributed by atoms with Crippen LogP contribution < -0.4 is 5.32 Å². The van der Waals surface area contributed by atoms with Crippen LogP contribution in [0.4, 0.5) is 5.69 Å². The standard InChI is InChI=1S/C23H29N3O4/c1-16-10-12-18(13-11-16)15-25(17(2)22(28)24-23(3,4)5)21(27)14-19-8-6-7-9-20(19)26(29)30/h6-13,17H,14-15H2,1-5H3,(H,24,28)/t17-/m1/s1. The molecule has 0 aliphatic rings. The zero-order valence-electron chi connectivity index (χ0n) is 18.1. The molecule has 0 radical (unpaired) electrons. The third-order valence-corrected chi connectivity index (χ3v) is 4.67. The van der Waals surface area contributed by atoms with Crippen LogP contribution in [-0.4, -0.2) is 33.2 Å². The van der Waals surface area contributed by atoms with Crippen molar-refractivity contribution in [1.29, 1.82) is 0 Å². The molecule has 0 saturated carbocycles. The second-order valence-electron chi connectivity index (χ2n) is 8.49. The molecule has 2 rings (SSSR count). The summed E-state index contributed by atoms with van der Waals surface area (Å²) < 4.78 is 0. The molecule has 1 N–H and O–H groups in total. The van der Waals surface area contributed by atoms with Crippen LogP contribution in [0.3, 0.4) is 0 Å². The van der Waals surface area contributed by atoms with Gasteiger partial charge in [0, 0.05) is 23.7 Å². The molecule has 0 spiro atoms. The zero-order valence-corrected chi connectivity index (χ0v) is 18.1. The predicted molar refractivity (Wildman–Crippen MR) is 116 cm³/mol. The molecule has 160 valence electrons. The molecule has 7 nitrogen and oxygen atoms in total. The fourth-order valence-corrected chi connectivity index (χ4v) is 3.05. The number of carbonyl (C=O) groups excluding carboxylic acids is 2. The van der Waals surface area contributed by atoms with E-state index < -0.39 is 16.5 Å². The Bertz CT molecular complexity index is 917. The monoisotopic (exact) mass is 411 g/mol. The van der Waals surface area contributed by atoms with Crippen LogP contribution in [0.15, 0.2) is 48.5 Å². The van der Waals surface area contributed by atoms with E-state index in [9.17, 15) is 19.7 Å². The highest BCUT2D eigenvalue weighted by Gasteiger charge is 2.29. The van der Waals surface area contributed by atoms with Crippen molar-refractivity contribution in [3.8, 4) is 0 Å². The van der Waals surface area contributed by atoms with Gasteiger partial charge in [-0.25, -0.2) is 0 Å². The van der Waals surface area contributed by atoms with E-state index in [0.29, 0.717) is 5.56 Å². The van der Waals surface area contributed by atoms with E-state index in [-0.39, 0.29) is 30.5 Å². The Labute approximate surface area is 177 Å². The van der Waals surface area contributed by atoms with Crippen molar-refractivity contribution < 1.29 is 14.5 Å². The highest BCUT2D eigenvalue weighted by Crippen LogP contribution is 2.20. The number of benzene rings is 2. The number of amides is 2. The lowest BCUT2D eigenvalue weighted by molar-refractivity contribution is -0.385. The molecule has 0 aromatic heterocycles. The van der Waals surface area contributed by atoms with Gasteiger partial charge in [-0.05, 0) is 40.2 Å². The van der Waals surface area contributed by atoms with E-state index in [2.05, 4.69) is 5.32 Å². The Kier molecular flexibility index (Phi) is 7.32. The largest absolute Gasteiger partial charge is 0.350 e. The number of rotatable bonds is 7. The number of nitro groups is 1. The summed E-state index contributed by atoms with van der Waals surface area (Å²) in [5.74, 6) is -0.619. The Balaban J connectivity index is 2.32. The third kappa shape index (κ3) is 6.40. The van der Waals surface area contributed by atoms with Crippen molar-refractivity contribution in [1.82, 2.24) is 10.2 Å². The van der Waals surface area contributed by atoms with Gasteiger partial charge in [0.1, 0.15) is 6.04 Å². The van der Waals surface area contributed by atoms with E-state index >= 15 is 0 Å². The smallest absolute Gasteiger partial charge is 0.273 e. The second-order valence-corrected chi connectivity index (χ2v) is 8.49. The Morgan fingerprint density at radius 2 is 1.70 bits per heavy atom. The van der Waals surface area contributed by atoms with Gasteiger partial charge in [-0.1, -0.05) is 48.0 Å². The molecular weight excluding hydrogens is 382 g/mol. The van der Waals surface area contributed by atoms with Crippen LogP contribution in [0, 0.1) is 17.0 Å². The second kappa shape index (κ2) is 9.52. The fourth-order valence-electron chi connectivity index (χ4n) is 3.05. The topological polar surface area (TPSA) is 92.6 Å². The highest BCUT2D eigenvalue weighted by atomic mass is 16.6. The number of aryl methyl sites for hydroxylation is 1. The average Bonchev–Trinajstić information content (AvgIpc) is 2.65. The van der Waals surface area contributed by atoms with Gasteiger partial charge >= 0.3 is 0 Å². The summed E-state index contributed by atoms with van der Waals surface area (Å²) in [7, 11) is 0. The minimum absolute atomic E-state index is 0.104. The molecule has 0 heterocycles. The summed E-state index contributed by atoms with van der Waals surface area (Å²) in [6.07, 6.45) is -0.157. The molecule has 2 amide bonds. The molecule has 30 heavy (non-hydrogen) atoms. The number of nitrogens with one attached hydrogen (secondary N) is 1. The van der Waals surface area contributed by atoms with Crippen LogP contribution in [0.2, 0.25) is 0 Å². The van der Waals surface area contributed by atoms with E-state index in [0.717, 1.165) is 11.1 Å². The Morgan fingerprint density at radius 3 is 2.27 bits per heavy atom. The van der Waals surface area contributed by atoms with Crippen molar-refractivity contribution in [2.45, 2.75) is 59.2 Å². The Morgan fingerprint density at radius 1 is 1.10 bits per heavy atom. The maximum absolute atomic E-state index is 13.2. The lowest BCUT2D eigenvalue weighted by atomic mass is 10.1. The van der Waals surface area contributed by atoms with Crippen molar-refractivity contribution in [3.63, 3.8) is 0 Å². The van der Waals surface area contributed by atoms with Crippen LogP contribution >= 0.6 is 0 Å². The van der Waals surface area contributed by atoms with Crippen LogP contribution in [0.25, 0.3) is 0 Å². The SMILES string of the molecule is Cc1ccc(CN(C(=O)Cc2ccccc2[N+](=O)[O-])[C@H](C)C(=O)NC(C)(C)C)cc1. The molecule has 0 unspecified atom stereocenters. The summed E-state index contributed by atoms with van der Waals surface area (Å²) in [5, 5.41) is 14.2. The van der Waals surface area contributed by atoms with Gasteiger partial charge in [-0.15, -0.1) is 0 Å². The summed E-state index contributed by atoms with van der Waals surface area (Å²) in [5.41, 5.74) is 1.75. The number of para-hydroxylation sites is 1. The average molecular weight is 412 g/mol. The summed E-state index contributed by atoms with van der Waals surface area (Å²) >= 11 is 0. The minimum atomic E-state index is -0.735. The number of nitrogens with zero attached hydrogens (tertiary/aromatic N) is 2. The number of carbonyl (C=O) groups is 2. The molecule has 2 aromatic carbocycles. The van der Waals surface area contributed by atoms with E-state index in [1.165, 1.54) is 11.0 Å². The van der Waals surface area contributed by atoms with Gasteiger partial charge < -0.3 is 10.2 Å². The summed E-state index contributed by atoms with van der Waals surface area (Å²) in [6, 6.07) is 13.2. The van der Waals surface area contributed by atoms with E-state index in [4.69, 9.17) is 0 Å². The normalized spacial score (nSPS) is 12.2. The first-order chi connectivity index (χ1) is 14.0. The minimum Gasteiger partial charge on any atom is -0.350 e. The van der Waals surface area contributed by atoms with Crippen molar-refractivity contribution in [2.75, 3.05) is 0 Å². The molecule has 1 atom stereocenters. The van der Waals surface area contributed by atoms with Crippen LogP contribution in [0.5, 0.6) is 0 Å². The van der Waals surface area contributed by atoms with Gasteiger partial charge in [-0.3, -0.25) is 19.7 Å². The predicted octanol–water partition coefficient (Wildman–Crippen LogP) is 3.78. The van der Waals surface area contributed by atoms with Gasteiger partial charge in [0.15, 0.2) is 0 Å². The van der Waals surface area contributed by atoms with E-state index in [1.807, 2.05) is 52.0 Å². The van der Waals surface area contributed by atoms with Crippen LogP contribution in [0.1, 0.15) is 44.4 Å². The summed E-state index contributed by atoms with van der Waals surface area (Å²) in [6.45, 7) is 9.50. The van der Waals surface area contributed by atoms with Crippen molar-refractivity contribution >= 4 is 17.5 Å². The molecule has 0 aliphatic carbocycles. The first kappa shape index (κ1) is 23.1. The zero-order chi connectivity index (χ0) is 22.5. The number of nitro benzene ring substituents is 1. The Hall–Kier alpha value is -3.22. The maximum atomic E-state index is 13.2. The lowest BCUT2D eigenvalue weighted by Crippen LogP contribution is -2.52. The number of hydrogen-bond donors (Lipinski definition) is 1. The molecule has 2 aromatic rings. The molecule has 0 bridgehead atoms. The van der Waals surface area contributed by atoms with Gasteiger partial charge in [0.25, 0.3) is 5.69 Å². The maximum Gasteiger partial charge on any atom is 0.273 e. The molecular formula is C23H29N3O4.